The topological polar surface area (TPSA) is 69.9 Å². The van der Waals surface area contributed by atoms with Crippen LogP contribution in [-0.4, -0.2) is 17.1 Å². The van der Waals surface area contributed by atoms with Crippen LogP contribution in [0.25, 0.3) is 6.08 Å². The van der Waals surface area contributed by atoms with Crippen molar-refractivity contribution in [1.29, 1.82) is 0 Å². The number of rotatable bonds is 7. The van der Waals surface area contributed by atoms with E-state index in [9.17, 15) is 9.59 Å². The highest BCUT2D eigenvalue weighted by atomic mass is 127. The summed E-state index contributed by atoms with van der Waals surface area (Å²) in [7, 11) is 0. The molecule has 3 aromatic carbocycles. The van der Waals surface area contributed by atoms with Gasteiger partial charge in [0.2, 0.25) is 0 Å². The number of fused-ring (bicyclic) bond motifs is 1. The van der Waals surface area contributed by atoms with Crippen LogP contribution in [0.15, 0.2) is 86.2 Å². The maximum Gasteiger partial charge on any atom is 0.338 e. The number of thiazole rings is 1. The second-order valence-electron chi connectivity index (χ2n) is 9.44. The fourth-order valence-electron chi connectivity index (χ4n) is 4.54. The van der Waals surface area contributed by atoms with Gasteiger partial charge in [-0.2, -0.15) is 0 Å². The first-order valence-electron chi connectivity index (χ1n) is 12.8. The molecule has 0 amide bonds. The van der Waals surface area contributed by atoms with Crippen molar-refractivity contribution in [3.05, 3.63) is 127 Å². The van der Waals surface area contributed by atoms with Crippen molar-refractivity contribution in [3.8, 4) is 5.75 Å². The van der Waals surface area contributed by atoms with E-state index in [0.717, 1.165) is 30.3 Å². The van der Waals surface area contributed by atoms with Gasteiger partial charge >= 0.3 is 5.97 Å². The first-order valence-corrected chi connectivity index (χ1v) is 15.9. The van der Waals surface area contributed by atoms with E-state index in [1.165, 1.54) is 11.3 Å². The third-order valence-electron chi connectivity index (χ3n) is 6.52. The molecule has 0 unspecified atom stereocenters. The maximum atomic E-state index is 13.9. The number of nitrogens with zero attached hydrogens (tertiary/aromatic N) is 2. The minimum atomic E-state index is -0.636. The number of halogens is 3. The highest BCUT2D eigenvalue weighted by Gasteiger charge is 2.33. The lowest BCUT2D eigenvalue weighted by Gasteiger charge is -2.24. The predicted molar refractivity (Wildman–Crippen MR) is 174 cm³/mol. The quantitative estimate of drug-likeness (QED) is 0.155. The molecule has 5 rings (SSSR count). The second-order valence-corrected chi connectivity index (χ2v) is 12.9. The molecule has 2 heterocycles. The molecule has 210 valence electrons. The Labute approximate surface area is 268 Å². The van der Waals surface area contributed by atoms with Crippen LogP contribution < -0.4 is 19.6 Å². The molecule has 6 nitrogen and oxygen atoms in total. The van der Waals surface area contributed by atoms with Crippen LogP contribution in [0.2, 0.25) is 5.02 Å². The lowest BCUT2D eigenvalue weighted by Crippen LogP contribution is -2.39. The highest BCUT2D eigenvalue weighted by Crippen LogP contribution is 2.33. The molecular formula is C31H25BrClIN2O4S. The van der Waals surface area contributed by atoms with Crippen molar-refractivity contribution in [1.82, 2.24) is 4.57 Å². The zero-order valence-electron chi connectivity index (χ0n) is 22.4. The lowest BCUT2D eigenvalue weighted by atomic mass is 9.95. The molecule has 0 spiro atoms. The third-order valence-corrected chi connectivity index (χ3v) is 9.15. The van der Waals surface area contributed by atoms with Gasteiger partial charge in [0.25, 0.3) is 5.56 Å². The van der Waals surface area contributed by atoms with Crippen molar-refractivity contribution in [2.75, 3.05) is 6.61 Å². The summed E-state index contributed by atoms with van der Waals surface area (Å²) in [6.45, 7) is 6.17. The summed E-state index contributed by atoms with van der Waals surface area (Å²) in [5, 5.41) is 0.677. The average Bonchev–Trinajstić information content (AvgIpc) is 3.23. The predicted octanol–water partition coefficient (Wildman–Crippen LogP) is 6.71. The van der Waals surface area contributed by atoms with Gasteiger partial charge in [0.05, 0.1) is 36.5 Å². The van der Waals surface area contributed by atoms with Crippen LogP contribution in [0.4, 0.5) is 0 Å². The molecular weight excluding hydrogens is 739 g/mol. The van der Waals surface area contributed by atoms with Gasteiger partial charge in [-0.3, -0.25) is 9.36 Å². The van der Waals surface area contributed by atoms with Gasteiger partial charge in [-0.25, -0.2) is 9.79 Å². The number of benzene rings is 3. The first kappa shape index (κ1) is 29.8. The van der Waals surface area contributed by atoms with Gasteiger partial charge in [0, 0.05) is 5.02 Å². The molecule has 41 heavy (non-hydrogen) atoms. The van der Waals surface area contributed by atoms with Crippen molar-refractivity contribution >= 4 is 73.5 Å². The molecule has 0 saturated heterocycles. The Hall–Kier alpha value is -2.73. The largest absolute Gasteiger partial charge is 0.487 e. The van der Waals surface area contributed by atoms with Gasteiger partial charge in [-0.05, 0) is 106 Å². The Morgan fingerprint density at radius 3 is 2.51 bits per heavy atom. The number of aromatic nitrogens is 1. The lowest BCUT2D eigenvalue weighted by molar-refractivity contribution is -0.139. The summed E-state index contributed by atoms with van der Waals surface area (Å²) in [6.07, 6.45) is 1.84. The molecule has 0 N–H and O–H groups in total. The molecule has 4 aromatic rings. The number of esters is 1. The third kappa shape index (κ3) is 6.38. The number of hydrogen-bond donors (Lipinski definition) is 0. The van der Waals surface area contributed by atoms with Crippen LogP contribution in [0.1, 0.15) is 42.1 Å². The maximum absolute atomic E-state index is 13.9. The zero-order valence-corrected chi connectivity index (χ0v) is 27.7. The van der Waals surface area contributed by atoms with Gasteiger partial charge in [-0.15, -0.1) is 0 Å². The van der Waals surface area contributed by atoms with E-state index in [2.05, 4.69) is 43.5 Å². The van der Waals surface area contributed by atoms with Crippen LogP contribution in [0.3, 0.4) is 0 Å². The smallest absolute Gasteiger partial charge is 0.338 e. The number of hydrogen-bond acceptors (Lipinski definition) is 6. The van der Waals surface area contributed by atoms with Gasteiger partial charge in [0.1, 0.15) is 12.4 Å². The van der Waals surface area contributed by atoms with E-state index < -0.39 is 12.0 Å². The van der Waals surface area contributed by atoms with Crippen LogP contribution >= 0.6 is 61.5 Å². The molecule has 0 fully saturated rings. The fraction of sp³-hybridized carbons (Fsp3) is 0.194. The molecule has 10 heteroatoms. The number of aryl methyl sites for hydroxylation is 1. The zero-order chi connectivity index (χ0) is 29.3. The normalized spacial score (nSPS) is 15.0. The summed E-state index contributed by atoms with van der Waals surface area (Å²) < 4.78 is 15.2. The molecule has 1 aromatic heterocycles. The molecule has 0 bridgehead atoms. The second kappa shape index (κ2) is 12.6. The van der Waals surface area contributed by atoms with Crippen LogP contribution in [-0.2, 0) is 16.1 Å². The van der Waals surface area contributed by atoms with Crippen molar-refractivity contribution in [2.24, 2.45) is 4.99 Å². The molecule has 0 saturated carbocycles. The monoisotopic (exact) mass is 762 g/mol. The van der Waals surface area contributed by atoms with E-state index in [4.69, 9.17) is 21.1 Å². The van der Waals surface area contributed by atoms with E-state index in [-0.39, 0.29) is 12.2 Å². The van der Waals surface area contributed by atoms with Gasteiger partial charge in [-0.1, -0.05) is 64.9 Å². The minimum absolute atomic E-state index is 0.220. The van der Waals surface area contributed by atoms with E-state index in [1.807, 2.05) is 73.7 Å². The number of carbonyl (C=O) groups is 1. The number of allylic oxidation sites excluding steroid dienone is 1. The summed E-state index contributed by atoms with van der Waals surface area (Å²) in [5.41, 5.74) is 4.43. The Morgan fingerprint density at radius 2 is 1.85 bits per heavy atom. The molecule has 1 atom stereocenters. The number of ether oxygens (including phenoxy) is 2. The van der Waals surface area contributed by atoms with E-state index in [0.29, 0.717) is 38.0 Å². The van der Waals surface area contributed by atoms with Crippen LogP contribution in [0, 0.1) is 10.5 Å². The van der Waals surface area contributed by atoms with Crippen molar-refractivity contribution < 1.29 is 14.3 Å². The SMILES string of the molecule is CCOC(=O)C1=C(C)N=c2s/c(=C/c3cc(Br)c(OCc4ccc(Cl)cc4)c(I)c3)c(=O)n2[C@@H]1c1ccc(C)cc1. The molecule has 0 radical (unpaired) electrons. The summed E-state index contributed by atoms with van der Waals surface area (Å²) in [5.74, 6) is 0.245. The van der Waals surface area contributed by atoms with E-state index >= 15 is 0 Å². The van der Waals surface area contributed by atoms with Crippen molar-refractivity contribution in [2.45, 2.75) is 33.4 Å². The Balaban J connectivity index is 1.54. The standard InChI is InChI=1S/C31H25BrClIN2O4S/c1-4-39-30(38)26-18(3)35-31-36(27(26)21-9-5-17(2)6-10-21)29(37)25(41-31)15-20-13-23(32)28(24(34)14-20)40-16-19-7-11-22(33)12-8-19/h5-15,27H,4,16H2,1-3H3/b25-15+/t27-/m1/s1. The number of carbonyl (C=O) groups excluding carboxylic acids is 1. The Kier molecular flexibility index (Phi) is 9.18. The van der Waals surface area contributed by atoms with Gasteiger partial charge < -0.3 is 9.47 Å². The minimum Gasteiger partial charge on any atom is -0.487 e. The van der Waals surface area contributed by atoms with E-state index in [1.54, 1.807) is 18.4 Å². The summed E-state index contributed by atoms with van der Waals surface area (Å²) in [4.78, 5) is 32.1. The summed E-state index contributed by atoms with van der Waals surface area (Å²) >= 11 is 13.2. The average molecular weight is 764 g/mol. The Morgan fingerprint density at radius 1 is 1.15 bits per heavy atom. The highest BCUT2D eigenvalue weighted by molar-refractivity contribution is 14.1. The van der Waals surface area contributed by atoms with Crippen molar-refractivity contribution in [3.63, 3.8) is 0 Å². The van der Waals surface area contributed by atoms with Gasteiger partial charge in [0.15, 0.2) is 4.80 Å². The molecule has 1 aliphatic rings. The first-order chi connectivity index (χ1) is 19.7. The molecule has 1 aliphatic heterocycles. The Bertz CT molecular complexity index is 1820. The fourth-order valence-corrected chi connectivity index (χ4v) is 7.49. The summed E-state index contributed by atoms with van der Waals surface area (Å²) in [6, 6.07) is 18.6. The molecule has 0 aliphatic carbocycles. The van der Waals surface area contributed by atoms with Crippen LogP contribution in [0.5, 0.6) is 5.75 Å².